The van der Waals surface area contributed by atoms with Crippen LogP contribution in [0.3, 0.4) is 0 Å². The lowest BCUT2D eigenvalue weighted by atomic mass is 9.82. The summed E-state index contributed by atoms with van der Waals surface area (Å²) >= 11 is 0. The maximum Gasteiger partial charge on any atom is 0.236 e. The minimum atomic E-state index is 0.00247. The molecule has 16 heavy (non-hydrogen) atoms. The lowest BCUT2D eigenvalue weighted by Gasteiger charge is -2.33. The van der Waals surface area contributed by atoms with Crippen LogP contribution in [0.5, 0.6) is 0 Å². The summed E-state index contributed by atoms with van der Waals surface area (Å²) in [6.45, 7) is 14.1. The Morgan fingerprint density at radius 2 is 1.69 bits per heavy atom. The Hall–Kier alpha value is -0.570. The second kappa shape index (κ2) is 5.67. The van der Waals surface area contributed by atoms with E-state index in [1.54, 1.807) is 4.90 Å². The van der Waals surface area contributed by atoms with E-state index < -0.39 is 0 Å². The van der Waals surface area contributed by atoms with E-state index in [1.807, 2.05) is 14.0 Å². The van der Waals surface area contributed by atoms with E-state index in [2.05, 4.69) is 39.9 Å². The summed E-state index contributed by atoms with van der Waals surface area (Å²) in [7, 11) is 1.83. The molecule has 0 spiro atoms. The predicted octanol–water partition coefficient (Wildman–Crippen LogP) is 2.27. The van der Waals surface area contributed by atoms with Crippen LogP contribution in [0.4, 0.5) is 0 Å². The van der Waals surface area contributed by atoms with Crippen molar-refractivity contribution in [2.45, 2.75) is 53.5 Å². The summed E-state index contributed by atoms with van der Waals surface area (Å²) in [4.78, 5) is 13.4. The molecule has 0 unspecified atom stereocenters. The largest absolute Gasteiger partial charge is 0.345 e. The van der Waals surface area contributed by atoms with Crippen LogP contribution < -0.4 is 5.32 Å². The maximum atomic E-state index is 11.6. The normalized spacial score (nSPS) is 12.7. The van der Waals surface area contributed by atoms with Gasteiger partial charge in [0.05, 0.1) is 6.54 Å². The summed E-state index contributed by atoms with van der Waals surface area (Å²) in [5, 5.41) is 3.34. The number of carbonyl (C=O) groups excluding carboxylic acids is 1. The molecular formula is C13H28N2O. The Morgan fingerprint density at radius 3 is 2.06 bits per heavy atom. The number of amides is 1. The van der Waals surface area contributed by atoms with Crippen molar-refractivity contribution < 1.29 is 4.79 Å². The van der Waals surface area contributed by atoms with E-state index in [0.717, 1.165) is 13.0 Å². The first-order valence-corrected chi connectivity index (χ1v) is 6.06. The average Bonchev–Trinajstić information content (AvgIpc) is 2.09. The zero-order valence-corrected chi connectivity index (χ0v) is 12.0. The first-order chi connectivity index (χ1) is 7.07. The van der Waals surface area contributed by atoms with E-state index in [9.17, 15) is 4.79 Å². The molecule has 0 saturated heterocycles. The maximum absolute atomic E-state index is 11.6. The summed E-state index contributed by atoms with van der Waals surface area (Å²) in [5.41, 5.74) is 0.276. The van der Waals surface area contributed by atoms with E-state index in [-0.39, 0.29) is 16.9 Å². The van der Waals surface area contributed by atoms with Crippen molar-refractivity contribution >= 4 is 5.91 Å². The minimum Gasteiger partial charge on any atom is -0.345 e. The van der Waals surface area contributed by atoms with Crippen LogP contribution in [0.1, 0.15) is 48.0 Å². The Labute approximate surface area is 101 Å². The van der Waals surface area contributed by atoms with Gasteiger partial charge in [0.25, 0.3) is 0 Å². The molecule has 0 rings (SSSR count). The van der Waals surface area contributed by atoms with Crippen molar-refractivity contribution in [3.05, 3.63) is 0 Å². The van der Waals surface area contributed by atoms with Gasteiger partial charge in [0, 0.05) is 19.1 Å². The van der Waals surface area contributed by atoms with Crippen molar-refractivity contribution in [3.8, 4) is 0 Å². The summed E-state index contributed by atoms with van der Waals surface area (Å²) in [5.74, 6) is 0.157. The van der Waals surface area contributed by atoms with Crippen LogP contribution in [-0.2, 0) is 4.79 Å². The number of hydrogen-bond donors (Lipinski definition) is 1. The number of likely N-dealkylation sites (N-methyl/N-ethyl adjacent to an activating group) is 1. The molecule has 0 heterocycles. The molecule has 3 heteroatoms. The van der Waals surface area contributed by atoms with Gasteiger partial charge < -0.3 is 10.2 Å². The molecule has 0 atom stereocenters. The Balaban J connectivity index is 4.14. The molecule has 0 aliphatic heterocycles. The lowest BCUT2D eigenvalue weighted by Crippen LogP contribution is -2.47. The molecule has 0 bridgehead atoms. The van der Waals surface area contributed by atoms with E-state index in [4.69, 9.17) is 0 Å². The molecule has 0 aromatic heterocycles. The van der Waals surface area contributed by atoms with E-state index >= 15 is 0 Å². The number of rotatable bonds is 5. The molecule has 1 N–H and O–H groups in total. The van der Waals surface area contributed by atoms with Crippen molar-refractivity contribution in [3.63, 3.8) is 0 Å². The molecule has 0 aliphatic rings. The van der Waals surface area contributed by atoms with Crippen LogP contribution in [0.15, 0.2) is 0 Å². The highest BCUT2D eigenvalue weighted by Crippen LogP contribution is 2.26. The minimum absolute atomic E-state index is 0.00247. The van der Waals surface area contributed by atoms with Crippen LogP contribution in [-0.4, -0.2) is 36.5 Å². The smallest absolute Gasteiger partial charge is 0.236 e. The Kier molecular flexibility index (Phi) is 5.47. The number of nitrogens with one attached hydrogen (secondary N) is 1. The van der Waals surface area contributed by atoms with Gasteiger partial charge in [-0.05, 0) is 32.6 Å². The summed E-state index contributed by atoms with van der Waals surface area (Å²) in [6.07, 6.45) is 1.04. The van der Waals surface area contributed by atoms with Crippen molar-refractivity contribution in [1.29, 1.82) is 0 Å². The fraction of sp³-hybridized carbons (Fsp3) is 0.923. The molecule has 0 saturated carbocycles. The quantitative estimate of drug-likeness (QED) is 0.783. The third-order valence-electron chi connectivity index (χ3n) is 2.59. The molecule has 3 nitrogen and oxygen atoms in total. The van der Waals surface area contributed by atoms with Crippen LogP contribution in [0.25, 0.3) is 0 Å². The van der Waals surface area contributed by atoms with Crippen LogP contribution >= 0.6 is 0 Å². The van der Waals surface area contributed by atoms with Crippen molar-refractivity contribution in [1.82, 2.24) is 10.2 Å². The summed E-state index contributed by atoms with van der Waals surface area (Å²) in [6, 6.07) is 0. The molecule has 0 fully saturated rings. The number of carbonyl (C=O) groups is 1. The third-order valence-corrected chi connectivity index (χ3v) is 2.59. The van der Waals surface area contributed by atoms with Gasteiger partial charge in [-0.1, -0.05) is 20.8 Å². The Morgan fingerprint density at radius 1 is 1.19 bits per heavy atom. The van der Waals surface area contributed by atoms with Gasteiger partial charge >= 0.3 is 0 Å². The topological polar surface area (TPSA) is 32.3 Å². The highest BCUT2D eigenvalue weighted by Gasteiger charge is 2.25. The zero-order chi connectivity index (χ0) is 13.0. The molecule has 0 radical (unpaired) electrons. The standard InChI is InChI=1S/C13H28N2O/c1-8-15(7)11(16)9-14-13(5,6)10-12(2,3)4/h14H,8-10H2,1-7H3. The fourth-order valence-electron chi connectivity index (χ4n) is 2.01. The molecule has 1 amide bonds. The number of nitrogens with zero attached hydrogens (tertiary/aromatic N) is 1. The second-order valence-electron chi connectivity index (χ2n) is 6.38. The van der Waals surface area contributed by atoms with Crippen LogP contribution in [0, 0.1) is 5.41 Å². The molecule has 0 aromatic rings. The van der Waals surface area contributed by atoms with Gasteiger partial charge in [-0.15, -0.1) is 0 Å². The monoisotopic (exact) mass is 228 g/mol. The zero-order valence-electron chi connectivity index (χ0n) is 12.0. The van der Waals surface area contributed by atoms with Gasteiger partial charge in [0.15, 0.2) is 0 Å². The van der Waals surface area contributed by atoms with Crippen LogP contribution in [0.2, 0.25) is 0 Å². The van der Waals surface area contributed by atoms with Crippen molar-refractivity contribution in [2.75, 3.05) is 20.1 Å². The number of hydrogen-bond acceptors (Lipinski definition) is 2. The van der Waals surface area contributed by atoms with Gasteiger partial charge in [0.2, 0.25) is 5.91 Å². The SMILES string of the molecule is CCN(C)C(=O)CNC(C)(C)CC(C)(C)C. The molecule has 0 aromatic carbocycles. The van der Waals surface area contributed by atoms with Crippen molar-refractivity contribution in [2.24, 2.45) is 5.41 Å². The second-order valence-corrected chi connectivity index (χ2v) is 6.38. The predicted molar refractivity (Wildman–Crippen MR) is 69.5 cm³/mol. The fourth-order valence-corrected chi connectivity index (χ4v) is 2.01. The van der Waals surface area contributed by atoms with Gasteiger partial charge in [-0.2, -0.15) is 0 Å². The first-order valence-electron chi connectivity index (χ1n) is 6.06. The van der Waals surface area contributed by atoms with Gasteiger partial charge in [0.1, 0.15) is 0 Å². The average molecular weight is 228 g/mol. The van der Waals surface area contributed by atoms with E-state index in [1.165, 1.54) is 0 Å². The highest BCUT2D eigenvalue weighted by atomic mass is 16.2. The molecule has 96 valence electrons. The highest BCUT2D eigenvalue weighted by molar-refractivity contribution is 5.77. The Bertz CT molecular complexity index is 229. The first kappa shape index (κ1) is 15.4. The third kappa shape index (κ3) is 6.83. The lowest BCUT2D eigenvalue weighted by molar-refractivity contribution is -0.129. The molecular weight excluding hydrogens is 200 g/mol. The summed E-state index contributed by atoms with van der Waals surface area (Å²) < 4.78 is 0. The van der Waals surface area contributed by atoms with E-state index in [0.29, 0.717) is 6.54 Å². The van der Waals surface area contributed by atoms with Gasteiger partial charge in [-0.25, -0.2) is 0 Å². The molecule has 0 aliphatic carbocycles. The van der Waals surface area contributed by atoms with Gasteiger partial charge in [-0.3, -0.25) is 4.79 Å².